The number of para-hydroxylation sites is 1. The van der Waals surface area contributed by atoms with Crippen LogP contribution in [0.15, 0.2) is 53.6 Å². The number of aryl methyl sites for hydroxylation is 2. The van der Waals surface area contributed by atoms with Crippen LogP contribution < -0.4 is 4.72 Å². The molecule has 0 aliphatic rings. The number of H-pyrrole nitrogens is 1. The van der Waals surface area contributed by atoms with Gasteiger partial charge in [0.05, 0.1) is 4.90 Å². The maximum Gasteiger partial charge on any atom is 0.322 e. The minimum absolute atomic E-state index is 0.0451. The van der Waals surface area contributed by atoms with Gasteiger partial charge < -0.3 is 10.1 Å². The third-order valence-electron chi connectivity index (χ3n) is 4.48. The summed E-state index contributed by atoms with van der Waals surface area (Å²) in [5, 5.41) is 10.4. The first-order chi connectivity index (χ1) is 12.3. The summed E-state index contributed by atoms with van der Waals surface area (Å²) in [7, 11) is -3.94. The lowest BCUT2D eigenvalue weighted by molar-refractivity contribution is -0.138. The summed E-state index contributed by atoms with van der Waals surface area (Å²) in [6.07, 6.45) is 1.76. The standard InChI is InChI=1S/C19H20N2O4S/c1-12-7-8-15(9-13(12)2)26(24,25)21-18(19(22)23)10-14-11-20-17-6-4-3-5-16(14)17/h3-9,11,18,20-21H,10H2,1-2H3,(H,22,23). The van der Waals surface area contributed by atoms with Gasteiger partial charge in [0, 0.05) is 23.5 Å². The van der Waals surface area contributed by atoms with E-state index in [9.17, 15) is 18.3 Å². The maximum absolute atomic E-state index is 12.6. The van der Waals surface area contributed by atoms with Crippen LogP contribution in [0.4, 0.5) is 0 Å². The van der Waals surface area contributed by atoms with Crippen molar-refractivity contribution < 1.29 is 18.3 Å². The van der Waals surface area contributed by atoms with Crippen LogP contribution in [0.25, 0.3) is 10.9 Å². The molecule has 26 heavy (non-hydrogen) atoms. The summed E-state index contributed by atoms with van der Waals surface area (Å²) in [6.45, 7) is 3.70. The molecule has 0 saturated carbocycles. The van der Waals surface area contributed by atoms with Gasteiger partial charge in [-0.15, -0.1) is 0 Å². The Kier molecular flexibility index (Phi) is 4.84. The van der Waals surface area contributed by atoms with Gasteiger partial charge in [-0.3, -0.25) is 4.79 Å². The van der Waals surface area contributed by atoms with E-state index in [0.717, 1.165) is 27.6 Å². The van der Waals surface area contributed by atoms with E-state index < -0.39 is 22.0 Å². The molecule has 0 spiro atoms. The highest BCUT2D eigenvalue weighted by Gasteiger charge is 2.26. The van der Waals surface area contributed by atoms with Crippen LogP contribution in [-0.2, 0) is 21.2 Å². The summed E-state index contributed by atoms with van der Waals surface area (Å²) < 4.78 is 27.6. The fourth-order valence-electron chi connectivity index (χ4n) is 2.84. The van der Waals surface area contributed by atoms with E-state index in [-0.39, 0.29) is 11.3 Å². The second-order valence-corrected chi connectivity index (χ2v) is 8.04. The number of carbonyl (C=O) groups is 1. The highest BCUT2D eigenvalue weighted by molar-refractivity contribution is 7.89. The van der Waals surface area contributed by atoms with E-state index in [0.29, 0.717) is 0 Å². The average Bonchev–Trinajstić information content (AvgIpc) is 2.99. The minimum Gasteiger partial charge on any atom is -0.480 e. The number of carboxylic acid groups (broad SMARTS) is 1. The predicted molar refractivity (Wildman–Crippen MR) is 99.7 cm³/mol. The first kappa shape index (κ1) is 18.2. The second-order valence-electron chi connectivity index (χ2n) is 6.32. The molecule has 6 nitrogen and oxygen atoms in total. The molecule has 0 radical (unpaired) electrons. The number of aliphatic carboxylic acids is 1. The fourth-order valence-corrected chi connectivity index (χ4v) is 4.11. The lowest BCUT2D eigenvalue weighted by Crippen LogP contribution is -2.42. The van der Waals surface area contributed by atoms with Crippen LogP contribution in [0.2, 0.25) is 0 Å². The molecule has 136 valence electrons. The van der Waals surface area contributed by atoms with Crippen LogP contribution in [0, 0.1) is 13.8 Å². The Morgan fingerprint density at radius 1 is 1.15 bits per heavy atom. The molecule has 0 bridgehead atoms. The highest BCUT2D eigenvalue weighted by atomic mass is 32.2. The quantitative estimate of drug-likeness (QED) is 0.619. The number of fused-ring (bicyclic) bond motifs is 1. The molecule has 7 heteroatoms. The smallest absolute Gasteiger partial charge is 0.322 e. The van der Waals surface area contributed by atoms with Gasteiger partial charge in [0.2, 0.25) is 10.0 Å². The molecule has 3 aromatic rings. The van der Waals surface area contributed by atoms with Crippen molar-refractivity contribution in [2.24, 2.45) is 0 Å². The molecule has 0 aliphatic carbocycles. The van der Waals surface area contributed by atoms with Crippen molar-refractivity contribution in [2.75, 3.05) is 0 Å². The lowest BCUT2D eigenvalue weighted by atomic mass is 10.1. The highest BCUT2D eigenvalue weighted by Crippen LogP contribution is 2.20. The summed E-state index contributed by atoms with van der Waals surface area (Å²) in [6, 6.07) is 11.0. The Balaban J connectivity index is 1.88. The molecular formula is C19H20N2O4S. The Labute approximate surface area is 151 Å². The number of nitrogens with one attached hydrogen (secondary N) is 2. The summed E-state index contributed by atoms with van der Waals surface area (Å²) in [5.41, 5.74) is 3.42. The molecule has 1 atom stereocenters. The third-order valence-corrected chi connectivity index (χ3v) is 5.95. The van der Waals surface area contributed by atoms with Gasteiger partial charge in [0.25, 0.3) is 0 Å². The van der Waals surface area contributed by atoms with Crippen molar-refractivity contribution in [3.05, 3.63) is 65.4 Å². The predicted octanol–water partition coefficient (Wildman–Crippen LogP) is 2.76. The summed E-state index contributed by atoms with van der Waals surface area (Å²) in [5.74, 6) is -1.22. The van der Waals surface area contributed by atoms with Crippen molar-refractivity contribution in [3.8, 4) is 0 Å². The molecule has 1 heterocycles. The molecule has 1 aromatic heterocycles. The maximum atomic E-state index is 12.6. The number of hydrogen-bond donors (Lipinski definition) is 3. The second kappa shape index (κ2) is 6.93. The van der Waals surface area contributed by atoms with Crippen LogP contribution in [0.5, 0.6) is 0 Å². The number of aromatic amines is 1. The Hall–Kier alpha value is -2.64. The zero-order valence-corrected chi connectivity index (χ0v) is 15.3. The lowest BCUT2D eigenvalue weighted by Gasteiger charge is -2.15. The van der Waals surface area contributed by atoms with Crippen LogP contribution in [0.3, 0.4) is 0 Å². The number of carboxylic acids is 1. The van der Waals surface area contributed by atoms with E-state index in [1.54, 1.807) is 18.3 Å². The van der Waals surface area contributed by atoms with Crippen molar-refractivity contribution >= 4 is 26.9 Å². The van der Waals surface area contributed by atoms with Crippen molar-refractivity contribution in [1.82, 2.24) is 9.71 Å². The van der Waals surface area contributed by atoms with Crippen molar-refractivity contribution in [3.63, 3.8) is 0 Å². The van der Waals surface area contributed by atoms with Gasteiger partial charge in [-0.25, -0.2) is 8.42 Å². The van der Waals surface area contributed by atoms with Gasteiger partial charge in [-0.05, 0) is 48.7 Å². The van der Waals surface area contributed by atoms with Crippen LogP contribution >= 0.6 is 0 Å². The third kappa shape index (κ3) is 3.63. The van der Waals surface area contributed by atoms with E-state index in [4.69, 9.17) is 0 Å². The van der Waals surface area contributed by atoms with E-state index in [2.05, 4.69) is 9.71 Å². The Morgan fingerprint density at radius 3 is 2.58 bits per heavy atom. The first-order valence-corrected chi connectivity index (χ1v) is 9.63. The number of hydrogen-bond acceptors (Lipinski definition) is 3. The monoisotopic (exact) mass is 372 g/mol. The van der Waals surface area contributed by atoms with Gasteiger partial charge in [0.1, 0.15) is 6.04 Å². The molecule has 0 fully saturated rings. The van der Waals surface area contributed by atoms with Crippen LogP contribution in [0.1, 0.15) is 16.7 Å². The van der Waals surface area contributed by atoms with Gasteiger partial charge in [-0.1, -0.05) is 24.3 Å². The molecule has 3 rings (SSSR count). The molecule has 1 unspecified atom stereocenters. The zero-order chi connectivity index (χ0) is 18.9. The summed E-state index contributed by atoms with van der Waals surface area (Å²) >= 11 is 0. The number of rotatable bonds is 6. The van der Waals surface area contributed by atoms with Gasteiger partial charge >= 0.3 is 5.97 Å². The molecule has 2 aromatic carbocycles. The van der Waals surface area contributed by atoms with Crippen molar-refractivity contribution in [2.45, 2.75) is 31.2 Å². The average molecular weight is 372 g/mol. The van der Waals surface area contributed by atoms with Crippen molar-refractivity contribution in [1.29, 1.82) is 0 Å². The largest absolute Gasteiger partial charge is 0.480 e. The molecule has 0 amide bonds. The van der Waals surface area contributed by atoms with E-state index in [1.165, 1.54) is 6.07 Å². The fraction of sp³-hybridized carbons (Fsp3) is 0.211. The Bertz CT molecular complexity index is 1070. The number of sulfonamides is 1. The number of benzene rings is 2. The minimum atomic E-state index is -3.94. The van der Waals surface area contributed by atoms with Crippen LogP contribution in [-0.4, -0.2) is 30.5 Å². The topological polar surface area (TPSA) is 99.3 Å². The Morgan fingerprint density at radius 2 is 1.88 bits per heavy atom. The van der Waals surface area contributed by atoms with Gasteiger partial charge in [0.15, 0.2) is 0 Å². The summed E-state index contributed by atoms with van der Waals surface area (Å²) in [4.78, 5) is 14.8. The molecule has 0 aliphatic heterocycles. The van der Waals surface area contributed by atoms with E-state index >= 15 is 0 Å². The SMILES string of the molecule is Cc1ccc(S(=O)(=O)NC(Cc2c[nH]c3ccccc23)C(=O)O)cc1C. The molecule has 0 saturated heterocycles. The molecular weight excluding hydrogens is 352 g/mol. The number of aromatic nitrogens is 1. The zero-order valence-electron chi connectivity index (χ0n) is 14.5. The first-order valence-electron chi connectivity index (χ1n) is 8.15. The normalized spacial score (nSPS) is 13.0. The van der Waals surface area contributed by atoms with E-state index in [1.807, 2.05) is 38.1 Å². The van der Waals surface area contributed by atoms with Gasteiger partial charge in [-0.2, -0.15) is 4.72 Å². The molecule has 3 N–H and O–H groups in total.